The second kappa shape index (κ2) is 4.52. The van der Waals surface area contributed by atoms with Gasteiger partial charge in [0.15, 0.2) is 11.5 Å². The van der Waals surface area contributed by atoms with Crippen molar-refractivity contribution in [2.24, 2.45) is 0 Å². The van der Waals surface area contributed by atoms with Gasteiger partial charge in [0.2, 0.25) is 5.90 Å². The zero-order valence-electron chi connectivity index (χ0n) is 9.69. The Morgan fingerprint density at radius 2 is 2.11 bits per heavy atom. The lowest BCUT2D eigenvalue weighted by atomic mass is 10.2. The van der Waals surface area contributed by atoms with E-state index in [0.717, 1.165) is 0 Å². The Balaban J connectivity index is 2.30. The summed E-state index contributed by atoms with van der Waals surface area (Å²) in [5.74, 6) is -0.195. The number of aliphatic hydroxyl groups excluding tert-OH is 3. The molecule has 1 aromatic heterocycles. The molecule has 6 N–H and O–H groups in total. The molecular weight excluding hydrogens is 242 g/mol. The van der Waals surface area contributed by atoms with Crippen molar-refractivity contribution in [1.29, 1.82) is 5.41 Å². The van der Waals surface area contributed by atoms with Crippen LogP contribution in [0.5, 0.6) is 0 Å². The Labute approximate surface area is 102 Å². The normalized spacial score (nSPS) is 31.6. The van der Waals surface area contributed by atoms with Crippen LogP contribution in [0.15, 0.2) is 0 Å². The Bertz CT molecular complexity index is 462. The van der Waals surface area contributed by atoms with Gasteiger partial charge in [-0.05, 0) is 0 Å². The molecule has 0 aliphatic heterocycles. The molecule has 18 heavy (non-hydrogen) atoms. The van der Waals surface area contributed by atoms with Crippen molar-refractivity contribution < 1.29 is 20.1 Å². The van der Waals surface area contributed by atoms with Crippen LogP contribution in [-0.2, 0) is 4.74 Å². The van der Waals surface area contributed by atoms with E-state index in [0.29, 0.717) is 0 Å². The van der Waals surface area contributed by atoms with Gasteiger partial charge < -0.3 is 25.8 Å². The van der Waals surface area contributed by atoms with Crippen LogP contribution >= 0.6 is 0 Å². The third-order valence-electron chi connectivity index (χ3n) is 3.09. The van der Waals surface area contributed by atoms with Gasteiger partial charge in [-0.2, -0.15) is 0 Å². The summed E-state index contributed by atoms with van der Waals surface area (Å²) in [5.41, 5.74) is 5.81. The first-order chi connectivity index (χ1) is 8.47. The van der Waals surface area contributed by atoms with Gasteiger partial charge in [-0.15, -0.1) is 5.10 Å². The summed E-state index contributed by atoms with van der Waals surface area (Å²) in [6.45, 7) is 0. The van der Waals surface area contributed by atoms with Gasteiger partial charge in [-0.1, -0.05) is 5.21 Å². The van der Waals surface area contributed by atoms with Gasteiger partial charge in [0.25, 0.3) is 0 Å². The SMILES string of the molecule is COC(=N)c1nnn([C@@H]2C[C@H](O)[C@@H](O)[C@H]2O)c1N. The number of hydrogen-bond acceptors (Lipinski definition) is 8. The number of nitrogens with one attached hydrogen (secondary N) is 1. The fourth-order valence-electron chi connectivity index (χ4n) is 2.03. The number of anilines is 1. The lowest BCUT2D eigenvalue weighted by Crippen LogP contribution is -2.32. The molecule has 9 heteroatoms. The van der Waals surface area contributed by atoms with Crippen LogP contribution in [0.1, 0.15) is 18.2 Å². The average Bonchev–Trinajstić information content (AvgIpc) is 2.84. The molecule has 0 bridgehead atoms. The van der Waals surface area contributed by atoms with Crippen molar-refractivity contribution in [2.75, 3.05) is 12.8 Å². The molecule has 0 aromatic carbocycles. The highest BCUT2D eigenvalue weighted by molar-refractivity contribution is 5.93. The Kier molecular flexibility index (Phi) is 3.20. The van der Waals surface area contributed by atoms with E-state index >= 15 is 0 Å². The largest absolute Gasteiger partial charge is 0.480 e. The molecular formula is C9H15N5O4. The first-order valence-electron chi connectivity index (χ1n) is 5.35. The minimum Gasteiger partial charge on any atom is -0.480 e. The number of ether oxygens (including phenoxy) is 1. The van der Waals surface area contributed by atoms with Crippen LogP contribution in [-0.4, -0.2) is 61.6 Å². The van der Waals surface area contributed by atoms with E-state index in [9.17, 15) is 15.3 Å². The molecule has 0 spiro atoms. The van der Waals surface area contributed by atoms with Crippen molar-refractivity contribution in [2.45, 2.75) is 30.8 Å². The minimum atomic E-state index is -1.25. The number of methoxy groups -OCH3 is 1. The highest BCUT2D eigenvalue weighted by atomic mass is 16.5. The standard InChI is InChI=1S/C9H15N5O4/c1-18-9(11)5-8(10)14(13-12-5)3-2-4(15)7(17)6(3)16/h3-4,6-7,11,15-17H,2,10H2,1H3/t3-,4+,6+,7-/m1/s1. The molecule has 1 aliphatic carbocycles. The summed E-state index contributed by atoms with van der Waals surface area (Å²) in [6, 6.07) is -0.680. The zero-order chi connectivity index (χ0) is 13.4. The number of nitrogens with two attached hydrogens (primary N) is 1. The van der Waals surface area contributed by atoms with Crippen LogP contribution in [0.4, 0.5) is 5.82 Å². The van der Waals surface area contributed by atoms with E-state index in [1.807, 2.05) is 0 Å². The molecule has 0 saturated heterocycles. The fraction of sp³-hybridized carbons (Fsp3) is 0.667. The van der Waals surface area contributed by atoms with E-state index in [-0.39, 0.29) is 23.8 Å². The summed E-state index contributed by atoms with van der Waals surface area (Å²) < 4.78 is 5.88. The summed E-state index contributed by atoms with van der Waals surface area (Å²) in [7, 11) is 1.30. The van der Waals surface area contributed by atoms with E-state index < -0.39 is 24.4 Å². The third-order valence-corrected chi connectivity index (χ3v) is 3.09. The minimum absolute atomic E-state index is 0.0483. The Morgan fingerprint density at radius 1 is 1.44 bits per heavy atom. The lowest BCUT2D eigenvalue weighted by Gasteiger charge is -2.16. The van der Waals surface area contributed by atoms with Crippen LogP contribution in [0.3, 0.4) is 0 Å². The molecule has 4 atom stereocenters. The van der Waals surface area contributed by atoms with E-state index in [1.165, 1.54) is 11.8 Å². The Hall–Kier alpha value is -1.71. The van der Waals surface area contributed by atoms with Crippen LogP contribution < -0.4 is 5.73 Å². The second-order valence-electron chi connectivity index (χ2n) is 4.15. The summed E-state index contributed by atoms with van der Waals surface area (Å²) in [4.78, 5) is 0. The average molecular weight is 257 g/mol. The molecule has 0 amide bonds. The molecule has 2 rings (SSSR count). The van der Waals surface area contributed by atoms with Crippen molar-refractivity contribution >= 4 is 11.7 Å². The number of rotatable bonds is 2. The highest BCUT2D eigenvalue weighted by Gasteiger charge is 2.43. The monoisotopic (exact) mass is 257 g/mol. The van der Waals surface area contributed by atoms with Crippen molar-refractivity contribution in [3.8, 4) is 0 Å². The maximum Gasteiger partial charge on any atom is 0.238 e. The predicted molar refractivity (Wildman–Crippen MR) is 59.9 cm³/mol. The number of hydrogen-bond donors (Lipinski definition) is 5. The first kappa shape index (κ1) is 12.7. The van der Waals surface area contributed by atoms with Crippen molar-refractivity contribution in [3.05, 3.63) is 5.69 Å². The van der Waals surface area contributed by atoms with Gasteiger partial charge >= 0.3 is 0 Å². The molecule has 1 fully saturated rings. The van der Waals surface area contributed by atoms with Crippen LogP contribution in [0, 0.1) is 5.41 Å². The summed E-state index contributed by atoms with van der Waals surface area (Å²) >= 11 is 0. The van der Waals surface area contributed by atoms with Gasteiger partial charge in [-0.25, -0.2) is 4.68 Å². The number of nitrogens with zero attached hydrogens (tertiary/aromatic N) is 3. The summed E-state index contributed by atoms with van der Waals surface area (Å²) in [5, 5.41) is 43.6. The molecule has 0 radical (unpaired) electrons. The third kappa shape index (κ3) is 1.82. The maximum atomic E-state index is 9.77. The van der Waals surface area contributed by atoms with E-state index in [2.05, 4.69) is 15.0 Å². The van der Waals surface area contributed by atoms with Gasteiger partial charge in [-0.3, -0.25) is 5.41 Å². The van der Waals surface area contributed by atoms with Crippen LogP contribution in [0.25, 0.3) is 0 Å². The summed E-state index contributed by atoms with van der Waals surface area (Å²) in [6.07, 6.45) is -3.37. The number of aromatic nitrogens is 3. The topological polar surface area (TPSA) is 150 Å². The molecule has 0 unspecified atom stereocenters. The van der Waals surface area contributed by atoms with Gasteiger partial charge in [0, 0.05) is 6.42 Å². The maximum absolute atomic E-state index is 9.77. The lowest BCUT2D eigenvalue weighted by molar-refractivity contribution is -0.0254. The van der Waals surface area contributed by atoms with E-state index in [1.54, 1.807) is 0 Å². The smallest absolute Gasteiger partial charge is 0.238 e. The molecule has 100 valence electrons. The van der Waals surface area contributed by atoms with Crippen LogP contribution in [0.2, 0.25) is 0 Å². The first-order valence-corrected chi connectivity index (χ1v) is 5.35. The second-order valence-corrected chi connectivity index (χ2v) is 4.15. The molecule has 9 nitrogen and oxygen atoms in total. The predicted octanol–water partition coefficient (Wildman–Crippen LogP) is -2.14. The highest BCUT2D eigenvalue weighted by Crippen LogP contribution is 2.32. The van der Waals surface area contributed by atoms with E-state index in [4.69, 9.17) is 11.1 Å². The zero-order valence-corrected chi connectivity index (χ0v) is 9.69. The van der Waals surface area contributed by atoms with Gasteiger partial charge in [0.1, 0.15) is 12.2 Å². The van der Waals surface area contributed by atoms with Crippen molar-refractivity contribution in [3.63, 3.8) is 0 Å². The number of nitrogen functional groups attached to an aromatic ring is 1. The molecule has 1 heterocycles. The van der Waals surface area contributed by atoms with Gasteiger partial charge in [0.05, 0.1) is 19.3 Å². The number of aliphatic hydroxyl groups is 3. The molecule has 1 aliphatic rings. The molecule has 1 saturated carbocycles. The molecule has 1 aromatic rings. The quantitative estimate of drug-likeness (QED) is 0.299. The Morgan fingerprint density at radius 3 is 2.61 bits per heavy atom. The fourth-order valence-corrected chi connectivity index (χ4v) is 2.03. The van der Waals surface area contributed by atoms with Crippen molar-refractivity contribution in [1.82, 2.24) is 15.0 Å².